The molecule has 2 aliphatic rings. The zero-order valence-electron chi connectivity index (χ0n) is 19.1. The van der Waals surface area contributed by atoms with E-state index in [1.54, 1.807) is 6.07 Å². The molecular formula is C23H28N8O3. The molecule has 178 valence electrons. The number of hydrogen-bond donors (Lipinski definition) is 5. The van der Waals surface area contributed by atoms with E-state index in [4.69, 9.17) is 9.97 Å². The normalized spacial score (nSPS) is 19.5. The van der Waals surface area contributed by atoms with Crippen LogP contribution < -0.4 is 15.5 Å². The van der Waals surface area contributed by atoms with Crippen LogP contribution in [0.15, 0.2) is 24.4 Å². The number of aryl methyl sites for hydroxylation is 1. The van der Waals surface area contributed by atoms with Gasteiger partial charge in [-0.3, -0.25) is 9.89 Å². The number of aromatic amines is 1. The zero-order valence-corrected chi connectivity index (χ0v) is 19.1. The van der Waals surface area contributed by atoms with E-state index in [0.29, 0.717) is 60.6 Å². The molecule has 1 saturated heterocycles. The maximum atomic E-state index is 13.0. The standard InChI is InChI=1S/C23H28N8O3/c1-12(2)15-10-18(30-29-15)27-21-20-14(6-7-17(20)32)26-23(28-21)31-9-3-4-16(31)22(34)25-13-5-8-19(33)24-11-13/h5,8,10-12,16-17,32H,3-4,6-7,9H2,1-2H3,(H,24,33)(H,25,34)(H2,26,27,28,29,30)/t16-,17+/m0/s1. The first-order valence-corrected chi connectivity index (χ1v) is 11.5. The Bertz CT molecular complexity index is 1190. The molecule has 0 spiro atoms. The van der Waals surface area contributed by atoms with Crippen molar-refractivity contribution in [2.45, 2.75) is 57.6 Å². The van der Waals surface area contributed by atoms with Gasteiger partial charge in [0.15, 0.2) is 5.82 Å². The third kappa shape index (κ3) is 4.26. The van der Waals surface area contributed by atoms with Crippen molar-refractivity contribution >= 4 is 29.2 Å². The van der Waals surface area contributed by atoms with Crippen LogP contribution in [0.2, 0.25) is 0 Å². The van der Waals surface area contributed by atoms with Crippen LogP contribution >= 0.6 is 0 Å². The Labute approximate surface area is 196 Å². The van der Waals surface area contributed by atoms with Crippen molar-refractivity contribution in [3.8, 4) is 5.88 Å². The van der Waals surface area contributed by atoms with Crippen molar-refractivity contribution in [3.05, 3.63) is 41.3 Å². The number of amides is 1. The van der Waals surface area contributed by atoms with Gasteiger partial charge in [-0.25, -0.2) is 9.97 Å². The number of carbonyl (C=O) groups excluding carboxylic acids is 1. The van der Waals surface area contributed by atoms with Crippen LogP contribution in [0.3, 0.4) is 0 Å². The number of hydrogen-bond acceptors (Lipinski definition) is 9. The van der Waals surface area contributed by atoms with E-state index < -0.39 is 12.1 Å². The van der Waals surface area contributed by atoms with Gasteiger partial charge in [0.1, 0.15) is 11.9 Å². The highest BCUT2D eigenvalue weighted by Crippen LogP contribution is 2.38. The summed E-state index contributed by atoms with van der Waals surface area (Å²) in [5, 5.41) is 33.4. The second-order valence-electron chi connectivity index (χ2n) is 9.02. The number of aliphatic hydroxyl groups is 1. The van der Waals surface area contributed by atoms with Gasteiger partial charge in [0, 0.05) is 29.9 Å². The number of aliphatic hydroxyl groups excluding tert-OH is 1. The first-order chi connectivity index (χ1) is 16.4. The van der Waals surface area contributed by atoms with Gasteiger partial charge in [-0.15, -0.1) is 0 Å². The van der Waals surface area contributed by atoms with Gasteiger partial charge >= 0.3 is 0 Å². The zero-order chi connectivity index (χ0) is 23.8. The summed E-state index contributed by atoms with van der Waals surface area (Å²) in [6.45, 7) is 4.80. The summed E-state index contributed by atoms with van der Waals surface area (Å²) in [5.74, 6) is 1.60. The number of fused-ring (bicyclic) bond motifs is 1. The molecular weight excluding hydrogens is 436 g/mol. The van der Waals surface area contributed by atoms with Crippen LogP contribution in [0.25, 0.3) is 0 Å². The molecule has 0 saturated carbocycles. The van der Waals surface area contributed by atoms with E-state index in [1.165, 1.54) is 12.3 Å². The molecule has 11 nitrogen and oxygen atoms in total. The number of aromatic hydroxyl groups is 1. The minimum Gasteiger partial charge on any atom is -0.493 e. The van der Waals surface area contributed by atoms with Gasteiger partial charge in [0.05, 0.1) is 23.7 Å². The predicted molar refractivity (Wildman–Crippen MR) is 126 cm³/mol. The van der Waals surface area contributed by atoms with E-state index in [0.717, 1.165) is 17.8 Å². The minimum absolute atomic E-state index is 0.105. The third-order valence-corrected chi connectivity index (χ3v) is 6.29. The Morgan fingerprint density at radius 1 is 1.26 bits per heavy atom. The van der Waals surface area contributed by atoms with Crippen LogP contribution in [0, 0.1) is 0 Å². The first kappa shape index (κ1) is 22.1. The maximum absolute atomic E-state index is 13.0. The summed E-state index contributed by atoms with van der Waals surface area (Å²) in [4.78, 5) is 28.2. The predicted octanol–water partition coefficient (Wildman–Crippen LogP) is 2.75. The number of pyridine rings is 1. The van der Waals surface area contributed by atoms with E-state index in [-0.39, 0.29) is 11.8 Å². The van der Waals surface area contributed by atoms with Gasteiger partial charge in [0.25, 0.3) is 0 Å². The summed E-state index contributed by atoms with van der Waals surface area (Å²) in [7, 11) is 0. The lowest BCUT2D eigenvalue weighted by atomic mass is 10.1. The van der Waals surface area contributed by atoms with Gasteiger partial charge in [-0.1, -0.05) is 13.8 Å². The number of nitrogens with zero attached hydrogens (tertiary/aromatic N) is 5. The number of H-pyrrole nitrogens is 1. The second kappa shape index (κ2) is 8.90. The topological polar surface area (TPSA) is 152 Å². The Hall–Kier alpha value is -3.73. The number of rotatable bonds is 6. The van der Waals surface area contributed by atoms with Crippen molar-refractivity contribution in [2.24, 2.45) is 0 Å². The third-order valence-electron chi connectivity index (χ3n) is 6.29. The van der Waals surface area contributed by atoms with Crippen LogP contribution in [0.4, 0.5) is 23.3 Å². The fourth-order valence-corrected chi connectivity index (χ4v) is 4.47. The summed E-state index contributed by atoms with van der Waals surface area (Å²) in [6, 6.07) is 4.51. The van der Waals surface area contributed by atoms with Crippen molar-refractivity contribution in [3.63, 3.8) is 0 Å². The molecule has 5 N–H and O–H groups in total. The van der Waals surface area contributed by atoms with Crippen LogP contribution in [0.1, 0.15) is 62.1 Å². The highest BCUT2D eigenvalue weighted by Gasteiger charge is 2.35. The molecule has 4 heterocycles. The Balaban J connectivity index is 1.42. The molecule has 5 rings (SSSR count). The molecule has 3 aromatic rings. The van der Waals surface area contributed by atoms with E-state index in [2.05, 4.69) is 39.7 Å². The fraction of sp³-hybridized carbons (Fsp3) is 0.435. The van der Waals surface area contributed by atoms with Crippen LogP contribution in [-0.4, -0.2) is 53.9 Å². The summed E-state index contributed by atoms with van der Waals surface area (Å²) in [6.07, 6.45) is 3.49. The highest BCUT2D eigenvalue weighted by molar-refractivity contribution is 5.97. The lowest BCUT2D eigenvalue weighted by Crippen LogP contribution is -2.40. The van der Waals surface area contributed by atoms with E-state index >= 15 is 0 Å². The quantitative estimate of drug-likeness (QED) is 0.371. The Kier molecular flexibility index (Phi) is 5.78. The molecule has 11 heteroatoms. The molecule has 0 aromatic carbocycles. The number of aromatic nitrogens is 5. The van der Waals surface area contributed by atoms with Gasteiger partial charge in [-0.2, -0.15) is 10.1 Å². The highest BCUT2D eigenvalue weighted by atomic mass is 16.3. The molecule has 2 atom stereocenters. The summed E-state index contributed by atoms with van der Waals surface area (Å²) in [5.41, 5.74) is 2.98. The van der Waals surface area contributed by atoms with Crippen molar-refractivity contribution in [2.75, 3.05) is 22.1 Å². The van der Waals surface area contributed by atoms with Crippen molar-refractivity contribution in [1.82, 2.24) is 25.1 Å². The van der Waals surface area contributed by atoms with Gasteiger partial charge in [0.2, 0.25) is 17.7 Å². The largest absolute Gasteiger partial charge is 0.493 e. The monoisotopic (exact) mass is 464 g/mol. The molecule has 1 aliphatic carbocycles. The molecule has 0 bridgehead atoms. The van der Waals surface area contributed by atoms with Gasteiger partial charge < -0.3 is 25.7 Å². The van der Waals surface area contributed by atoms with Crippen LogP contribution in [0.5, 0.6) is 5.88 Å². The number of anilines is 4. The maximum Gasteiger partial charge on any atom is 0.247 e. The number of carbonyl (C=O) groups is 1. The summed E-state index contributed by atoms with van der Waals surface area (Å²) < 4.78 is 0. The SMILES string of the molecule is CC(C)c1cc(Nc2nc(N3CCC[C@H]3C(=O)Nc3ccc(O)nc3)nc3c2[C@H](O)CC3)n[nH]1. The molecule has 0 unspecified atom stereocenters. The molecule has 34 heavy (non-hydrogen) atoms. The van der Waals surface area contributed by atoms with Crippen LogP contribution in [-0.2, 0) is 11.2 Å². The smallest absolute Gasteiger partial charge is 0.247 e. The lowest BCUT2D eigenvalue weighted by Gasteiger charge is -2.25. The van der Waals surface area contributed by atoms with Crippen molar-refractivity contribution < 1.29 is 15.0 Å². The Morgan fingerprint density at radius 3 is 2.85 bits per heavy atom. The molecule has 1 aliphatic heterocycles. The van der Waals surface area contributed by atoms with Gasteiger partial charge in [-0.05, 0) is 37.7 Å². The minimum atomic E-state index is -0.644. The lowest BCUT2D eigenvalue weighted by molar-refractivity contribution is -0.117. The molecule has 1 amide bonds. The van der Waals surface area contributed by atoms with E-state index in [9.17, 15) is 15.0 Å². The number of nitrogens with one attached hydrogen (secondary N) is 3. The van der Waals surface area contributed by atoms with E-state index in [1.807, 2.05) is 11.0 Å². The second-order valence-corrected chi connectivity index (χ2v) is 9.02. The average Bonchev–Trinajstić information content (AvgIpc) is 3.55. The van der Waals surface area contributed by atoms with Crippen molar-refractivity contribution in [1.29, 1.82) is 0 Å². The Morgan fingerprint density at radius 2 is 2.12 bits per heavy atom. The molecule has 0 radical (unpaired) electrons. The fourth-order valence-electron chi connectivity index (χ4n) is 4.47. The summed E-state index contributed by atoms with van der Waals surface area (Å²) >= 11 is 0. The average molecular weight is 465 g/mol. The molecule has 1 fully saturated rings. The first-order valence-electron chi connectivity index (χ1n) is 11.5. The molecule has 3 aromatic heterocycles.